The fraction of sp³-hybridized carbons (Fsp3) is 0.200. The summed E-state index contributed by atoms with van der Waals surface area (Å²) in [5.41, 5.74) is 0.459. The lowest BCUT2D eigenvalue weighted by atomic mass is 9.92. The Balaban J connectivity index is 2.34. The van der Waals surface area contributed by atoms with Gasteiger partial charge in [0, 0.05) is 11.3 Å². The quantitative estimate of drug-likeness (QED) is 0.867. The van der Waals surface area contributed by atoms with Crippen LogP contribution in [0.25, 0.3) is 0 Å². The minimum Gasteiger partial charge on any atom is -0.394 e. The third kappa shape index (κ3) is 2.51. The molecule has 0 spiro atoms. The zero-order valence-corrected chi connectivity index (χ0v) is 10.2. The Hall–Kier alpha value is -1.87. The maximum Gasteiger partial charge on any atom is 0.128 e. The van der Waals surface area contributed by atoms with Crippen LogP contribution in [0.5, 0.6) is 0 Å². The average Bonchev–Trinajstić information content (AvgIpc) is 2.40. The molecule has 0 bridgehead atoms. The number of anilines is 1. The van der Waals surface area contributed by atoms with Gasteiger partial charge in [-0.3, -0.25) is 0 Å². The molecule has 0 saturated carbocycles. The highest BCUT2D eigenvalue weighted by atomic mass is 19.1. The predicted octanol–water partition coefficient (Wildman–Crippen LogP) is 3.15. The summed E-state index contributed by atoms with van der Waals surface area (Å²) in [5, 5.41) is 12.8. The van der Waals surface area contributed by atoms with Gasteiger partial charge in [0.05, 0.1) is 12.1 Å². The summed E-state index contributed by atoms with van der Waals surface area (Å²) in [6.07, 6.45) is 0. The third-order valence-corrected chi connectivity index (χ3v) is 2.98. The standard InChI is InChI=1S/C15H16FNO/c1-15(11-18,13-9-5-6-10-14(13)16)17-12-7-3-2-4-8-12/h2-10,17-18H,11H2,1H3. The lowest BCUT2D eigenvalue weighted by Crippen LogP contribution is -2.36. The van der Waals surface area contributed by atoms with E-state index in [1.807, 2.05) is 30.3 Å². The van der Waals surface area contributed by atoms with Crippen LogP contribution in [0.4, 0.5) is 10.1 Å². The maximum absolute atomic E-state index is 13.8. The van der Waals surface area contributed by atoms with Gasteiger partial charge in [0.1, 0.15) is 5.82 Å². The van der Waals surface area contributed by atoms with Crippen LogP contribution >= 0.6 is 0 Å². The topological polar surface area (TPSA) is 32.3 Å². The van der Waals surface area contributed by atoms with Crippen molar-refractivity contribution in [3.05, 3.63) is 66.0 Å². The number of nitrogens with one attached hydrogen (secondary N) is 1. The van der Waals surface area contributed by atoms with E-state index in [1.165, 1.54) is 6.07 Å². The summed E-state index contributed by atoms with van der Waals surface area (Å²) >= 11 is 0. The fourth-order valence-corrected chi connectivity index (χ4v) is 1.94. The molecule has 2 N–H and O–H groups in total. The molecule has 2 aromatic carbocycles. The lowest BCUT2D eigenvalue weighted by Gasteiger charge is -2.30. The number of aliphatic hydroxyl groups excluding tert-OH is 1. The summed E-state index contributed by atoms with van der Waals surface area (Å²) in [6.45, 7) is 1.58. The van der Waals surface area contributed by atoms with Crippen molar-refractivity contribution in [3.63, 3.8) is 0 Å². The normalized spacial score (nSPS) is 13.9. The predicted molar refractivity (Wildman–Crippen MR) is 70.9 cm³/mol. The van der Waals surface area contributed by atoms with Crippen molar-refractivity contribution < 1.29 is 9.50 Å². The molecule has 0 radical (unpaired) electrons. The molecule has 1 atom stereocenters. The minimum absolute atomic E-state index is 0.192. The number of halogens is 1. The first-order chi connectivity index (χ1) is 8.65. The van der Waals surface area contributed by atoms with Gasteiger partial charge in [-0.1, -0.05) is 36.4 Å². The molecule has 2 nitrogen and oxygen atoms in total. The van der Waals surface area contributed by atoms with Crippen molar-refractivity contribution in [1.29, 1.82) is 0 Å². The molecule has 0 aliphatic rings. The lowest BCUT2D eigenvalue weighted by molar-refractivity contribution is 0.220. The molecule has 0 amide bonds. The second-order valence-corrected chi connectivity index (χ2v) is 4.46. The molecule has 1 unspecified atom stereocenters. The number of para-hydroxylation sites is 1. The second-order valence-electron chi connectivity index (χ2n) is 4.46. The van der Waals surface area contributed by atoms with E-state index in [0.717, 1.165) is 5.69 Å². The third-order valence-electron chi connectivity index (χ3n) is 2.98. The highest BCUT2D eigenvalue weighted by Gasteiger charge is 2.28. The monoisotopic (exact) mass is 245 g/mol. The molecule has 2 rings (SSSR count). The zero-order chi connectivity index (χ0) is 13.0. The van der Waals surface area contributed by atoms with E-state index in [0.29, 0.717) is 5.56 Å². The Morgan fingerprint density at radius 2 is 1.67 bits per heavy atom. The van der Waals surface area contributed by atoms with Gasteiger partial charge in [0.25, 0.3) is 0 Å². The van der Waals surface area contributed by atoms with Gasteiger partial charge in [-0.15, -0.1) is 0 Å². The summed E-state index contributed by atoms with van der Waals surface area (Å²) in [5.74, 6) is -0.322. The molecule has 0 saturated heterocycles. The van der Waals surface area contributed by atoms with Gasteiger partial charge < -0.3 is 10.4 Å². The van der Waals surface area contributed by atoms with Gasteiger partial charge in [-0.25, -0.2) is 4.39 Å². The van der Waals surface area contributed by atoms with E-state index in [1.54, 1.807) is 25.1 Å². The minimum atomic E-state index is -0.841. The molecule has 18 heavy (non-hydrogen) atoms. The molecular weight excluding hydrogens is 229 g/mol. The van der Waals surface area contributed by atoms with E-state index in [-0.39, 0.29) is 12.4 Å². The summed E-state index contributed by atoms with van der Waals surface area (Å²) < 4.78 is 13.8. The Bertz CT molecular complexity index is 515. The summed E-state index contributed by atoms with van der Waals surface area (Å²) in [4.78, 5) is 0. The van der Waals surface area contributed by atoms with Gasteiger partial charge >= 0.3 is 0 Å². The number of rotatable bonds is 4. The summed E-state index contributed by atoms with van der Waals surface area (Å²) in [6, 6.07) is 15.9. The molecule has 2 aromatic rings. The van der Waals surface area contributed by atoms with Crippen LogP contribution < -0.4 is 5.32 Å². The molecule has 0 heterocycles. The van der Waals surface area contributed by atoms with Crippen LogP contribution in [0.3, 0.4) is 0 Å². The smallest absolute Gasteiger partial charge is 0.128 e. The SMILES string of the molecule is CC(CO)(Nc1ccccc1)c1ccccc1F. The average molecular weight is 245 g/mol. The Morgan fingerprint density at radius 1 is 1.06 bits per heavy atom. The summed E-state index contributed by atoms with van der Waals surface area (Å²) in [7, 11) is 0. The van der Waals surface area contributed by atoms with Crippen LogP contribution in [-0.4, -0.2) is 11.7 Å². The highest BCUT2D eigenvalue weighted by molar-refractivity contribution is 5.47. The number of hydrogen-bond acceptors (Lipinski definition) is 2. The van der Waals surface area contributed by atoms with E-state index < -0.39 is 5.54 Å². The van der Waals surface area contributed by atoms with E-state index in [4.69, 9.17) is 0 Å². The van der Waals surface area contributed by atoms with Crippen molar-refractivity contribution in [3.8, 4) is 0 Å². The number of benzene rings is 2. The first-order valence-electron chi connectivity index (χ1n) is 5.85. The second kappa shape index (κ2) is 5.19. The van der Waals surface area contributed by atoms with Crippen molar-refractivity contribution in [2.24, 2.45) is 0 Å². The Morgan fingerprint density at radius 3 is 2.28 bits per heavy atom. The highest BCUT2D eigenvalue weighted by Crippen LogP contribution is 2.27. The van der Waals surface area contributed by atoms with Crippen LogP contribution in [0.1, 0.15) is 12.5 Å². The van der Waals surface area contributed by atoms with Crippen LogP contribution in [-0.2, 0) is 5.54 Å². The maximum atomic E-state index is 13.8. The van der Waals surface area contributed by atoms with Gasteiger partial charge in [0.2, 0.25) is 0 Å². The van der Waals surface area contributed by atoms with Gasteiger partial charge in [-0.05, 0) is 25.1 Å². The van der Waals surface area contributed by atoms with Crippen molar-refractivity contribution >= 4 is 5.69 Å². The molecule has 0 aliphatic carbocycles. The fourth-order valence-electron chi connectivity index (χ4n) is 1.94. The number of hydrogen-bond donors (Lipinski definition) is 2. The van der Waals surface area contributed by atoms with Crippen molar-refractivity contribution in [2.45, 2.75) is 12.5 Å². The largest absolute Gasteiger partial charge is 0.394 e. The van der Waals surface area contributed by atoms with E-state index >= 15 is 0 Å². The Labute approximate surface area is 106 Å². The molecule has 0 aromatic heterocycles. The van der Waals surface area contributed by atoms with E-state index in [9.17, 15) is 9.50 Å². The van der Waals surface area contributed by atoms with E-state index in [2.05, 4.69) is 5.32 Å². The van der Waals surface area contributed by atoms with Crippen LogP contribution in [0, 0.1) is 5.82 Å². The van der Waals surface area contributed by atoms with Crippen molar-refractivity contribution in [2.75, 3.05) is 11.9 Å². The molecule has 0 aliphatic heterocycles. The first-order valence-corrected chi connectivity index (χ1v) is 5.85. The van der Waals surface area contributed by atoms with Crippen LogP contribution in [0.2, 0.25) is 0 Å². The first kappa shape index (κ1) is 12.6. The Kier molecular flexibility index (Phi) is 3.63. The van der Waals surface area contributed by atoms with Crippen LogP contribution in [0.15, 0.2) is 54.6 Å². The van der Waals surface area contributed by atoms with Crippen molar-refractivity contribution in [1.82, 2.24) is 0 Å². The molecule has 94 valence electrons. The number of aliphatic hydroxyl groups is 1. The molecular formula is C15H16FNO. The molecule has 3 heteroatoms. The zero-order valence-electron chi connectivity index (χ0n) is 10.2. The molecule has 0 fully saturated rings. The van der Waals surface area contributed by atoms with Gasteiger partial charge in [-0.2, -0.15) is 0 Å². The van der Waals surface area contributed by atoms with Gasteiger partial charge in [0.15, 0.2) is 0 Å².